The molecule has 4 aromatic heterocycles. The summed E-state index contributed by atoms with van der Waals surface area (Å²) in [6.07, 6.45) is -0.552. The summed E-state index contributed by atoms with van der Waals surface area (Å²) in [5.41, 5.74) is 12.9. The van der Waals surface area contributed by atoms with E-state index < -0.39 is 6.17 Å². The molecule has 1 N–H and O–H groups in total. The maximum Gasteiger partial charge on any atom is 0.160 e. The van der Waals surface area contributed by atoms with E-state index in [9.17, 15) is 0 Å². The van der Waals surface area contributed by atoms with Gasteiger partial charge in [-0.15, -0.1) is 0 Å². The lowest BCUT2D eigenvalue weighted by atomic mass is 9.96. The van der Waals surface area contributed by atoms with E-state index in [-0.39, 0.29) is 0 Å². The van der Waals surface area contributed by atoms with Crippen molar-refractivity contribution in [3.63, 3.8) is 0 Å². The third-order valence-electron chi connectivity index (χ3n) is 13.9. The van der Waals surface area contributed by atoms with Gasteiger partial charge in [0.1, 0.15) is 45.5 Å². The minimum atomic E-state index is -0.552. The van der Waals surface area contributed by atoms with Gasteiger partial charge in [-0.25, -0.2) is 9.98 Å². The monoisotopic (exact) mass is 872 g/mol. The Bertz CT molecular complexity index is 4500. The van der Waals surface area contributed by atoms with Crippen LogP contribution in [0.25, 0.3) is 115 Å². The Hall–Kier alpha value is -9.20. The zero-order valence-electron chi connectivity index (χ0n) is 36.3. The average Bonchev–Trinajstić information content (AvgIpc) is 4.17. The molecule has 1 unspecified atom stereocenters. The van der Waals surface area contributed by atoms with Gasteiger partial charge in [-0.1, -0.05) is 146 Å². The molecule has 1 aliphatic rings. The Balaban J connectivity index is 1.00. The van der Waals surface area contributed by atoms with Crippen molar-refractivity contribution in [2.24, 2.45) is 9.98 Å². The molecular weight excluding hydrogens is 837 g/mol. The van der Waals surface area contributed by atoms with Gasteiger partial charge in [0, 0.05) is 65.3 Å². The molecule has 0 fully saturated rings. The van der Waals surface area contributed by atoms with Gasteiger partial charge in [0.15, 0.2) is 5.84 Å². The number of aliphatic imine (C=N–C) groups is 2. The van der Waals surface area contributed by atoms with Crippen LogP contribution in [0.1, 0.15) is 22.9 Å². The Morgan fingerprint density at radius 3 is 1.74 bits per heavy atom. The molecular formula is C61H36N4O3. The summed E-state index contributed by atoms with van der Waals surface area (Å²) in [6.45, 7) is 0. The van der Waals surface area contributed by atoms with Gasteiger partial charge in [-0.05, 0) is 77.0 Å². The number of hydrogen-bond donors (Lipinski definition) is 1. The van der Waals surface area contributed by atoms with Crippen molar-refractivity contribution in [1.82, 2.24) is 9.88 Å². The summed E-state index contributed by atoms with van der Waals surface area (Å²) >= 11 is 0. The molecule has 7 heteroatoms. The summed E-state index contributed by atoms with van der Waals surface area (Å²) in [7, 11) is 0. The summed E-state index contributed by atoms with van der Waals surface area (Å²) < 4.78 is 22.1. The Morgan fingerprint density at radius 1 is 0.397 bits per heavy atom. The van der Waals surface area contributed by atoms with Gasteiger partial charge < -0.3 is 23.1 Å². The van der Waals surface area contributed by atoms with Crippen molar-refractivity contribution in [2.75, 3.05) is 0 Å². The summed E-state index contributed by atoms with van der Waals surface area (Å²) in [6, 6.07) is 72.1. The second-order valence-electron chi connectivity index (χ2n) is 17.6. The lowest BCUT2D eigenvalue weighted by molar-refractivity contribution is 0.667. The molecule has 0 saturated heterocycles. The quantitative estimate of drug-likeness (QED) is 0.187. The fraction of sp³-hybridized carbons (Fsp3) is 0.0164. The van der Waals surface area contributed by atoms with E-state index in [1.165, 1.54) is 21.5 Å². The number of nitrogens with one attached hydrogen (secondary N) is 1. The van der Waals surface area contributed by atoms with Crippen LogP contribution in [0.3, 0.4) is 0 Å². The van der Waals surface area contributed by atoms with E-state index in [1.807, 2.05) is 66.7 Å². The minimum Gasteiger partial charge on any atom is -0.456 e. The van der Waals surface area contributed by atoms with Crippen LogP contribution in [0.5, 0.6) is 0 Å². The van der Waals surface area contributed by atoms with Crippen LogP contribution in [-0.2, 0) is 0 Å². The van der Waals surface area contributed by atoms with Crippen LogP contribution < -0.4 is 5.32 Å². The average molecular weight is 873 g/mol. The highest BCUT2D eigenvalue weighted by Gasteiger charge is 2.28. The smallest absolute Gasteiger partial charge is 0.160 e. The number of furan rings is 3. The molecule has 0 saturated carbocycles. The Kier molecular flexibility index (Phi) is 7.71. The van der Waals surface area contributed by atoms with Crippen LogP contribution >= 0.6 is 0 Å². The van der Waals surface area contributed by atoms with E-state index in [0.717, 1.165) is 110 Å². The van der Waals surface area contributed by atoms with Gasteiger partial charge >= 0.3 is 0 Å². The number of rotatable bonds is 5. The van der Waals surface area contributed by atoms with E-state index in [4.69, 9.17) is 23.2 Å². The van der Waals surface area contributed by atoms with Gasteiger partial charge in [-0.3, -0.25) is 0 Å². The normalized spacial score (nSPS) is 14.3. The first kappa shape index (κ1) is 37.1. The predicted octanol–water partition coefficient (Wildman–Crippen LogP) is 15.8. The molecule has 0 radical (unpaired) electrons. The molecule has 14 aromatic rings. The molecule has 0 aliphatic carbocycles. The first-order valence-electron chi connectivity index (χ1n) is 22.9. The second kappa shape index (κ2) is 14.1. The highest BCUT2D eigenvalue weighted by Crippen LogP contribution is 2.44. The number of hydrogen-bond acceptors (Lipinski definition) is 6. The zero-order chi connectivity index (χ0) is 44.5. The van der Waals surface area contributed by atoms with E-state index in [2.05, 4.69) is 149 Å². The molecule has 1 aliphatic heterocycles. The zero-order valence-corrected chi connectivity index (χ0v) is 36.3. The minimum absolute atomic E-state index is 0.552. The van der Waals surface area contributed by atoms with Gasteiger partial charge in [0.05, 0.1) is 16.7 Å². The first-order chi connectivity index (χ1) is 33.7. The lowest BCUT2D eigenvalue weighted by Crippen LogP contribution is -2.33. The molecule has 0 spiro atoms. The number of nitrogens with zero attached hydrogens (tertiary/aromatic N) is 3. The fourth-order valence-corrected chi connectivity index (χ4v) is 10.8. The van der Waals surface area contributed by atoms with Crippen molar-refractivity contribution in [3.8, 4) is 16.8 Å². The van der Waals surface area contributed by atoms with Crippen molar-refractivity contribution >= 4 is 110 Å². The maximum atomic E-state index is 6.83. The van der Waals surface area contributed by atoms with E-state index >= 15 is 0 Å². The third kappa shape index (κ3) is 5.41. The fourth-order valence-electron chi connectivity index (χ4n) is 10.8. The molecule has 15 rings (SSSR count). The second-order valence-corrected chi connectivity index (χ2v) is 17.6. The van der Waals surface area contributed by atoms with Gasteiger partial charge in [0.2, 0.25) is 0 Å². The molecule has 0 bridgehead atoms. The molecule has 7 nitrogen and oxygen atoms in total. The molecule has 1 atom stereocenters. The standard InChI is InChI=1S/C61H36N4O3/c1-2-15-36-34-50-46(32-35(36)14-1)38-16-3-7-24-48(38)65(50)49-31-30-37(33-47(49)41-21-11-20-40-39-17-4-8-25-51(39)68-58(40)41)59-62-60(44-22-12-28-54-56(44)42-18-5-9-26-52(42)66-54)64-61(63-59)45-23-13-29-55-57(45)43-19-6-10-27-53(43)67-55/h1-34,59H,(H,62,63,64). The highest BCUT2D eigenvalue weighted by atomic mass is 16.3. The van der Waals surface area contributed by atoms with Crippen LogP contribution in [0.4, 0.5) is 0 Å². The number of aromatic nitrogens is 1. The number of fused-ring (bicyclic) bond motifs is 13. The SMILES string of the molecule is c1ccc2cc3c(cc2c1)c1ccccc1n3-c1ccc(C2N=C(c3cccc4oc5ccccc5c34)N=C(c3cccc4oc5ccccc5c34)N2)cc1-c1cccc2c1oc1ccccc12. The van der Waals surface area contributed by atoms with Crippen LogP contribution in [0, 0.1) is 0 Å². The number of para-hydroxylation sites is 5. The van der Waals surface area contributed by atoms with Crippen molar-refractivity contribution in [1.29, 1.82) is 0 Å². The van der Waals surface area contributed by atoms with Crippen LogP contribution in [0.2, 0.25) is 0 Å². The predicted molar refractivity (Wildman–Crippen MR) is 277 cm³/mol. The Labute approximate surface area is 387 Å². The first-order valence-corrected chi connectivity index (χ1v) is 22.9. The highest BCUT2D eigenvalue weighted by molar-refractivity contribution is 6.25. The summed E-state index contributed by atoms with van der Waals surface area (Å²) in [5.74, 6) is 1.30. The van der Waals surface area contributed by atoms with Crippen molar-refractivity contribution in [3.05, 3.63) is 223 Å². The largest absolute Gasteiger partial charge is 0.456 e. The van der Waals surface area contributed by atoms with Gasteiger partial charge in [0.25, 0.3) is 0 Å². The summed E-state index contributed by atoms with van der Waals surface area (Å²) in [4.78, 5) is 11.0. The number of benzene rings is 10. The third-order valence-corrected chi connectivity index (χ3v) is 13.9. The molecule has 318 valence electrons. The molecule has 68 heavy (non-hydrogen) atoms. The van der Waals surface area contributed by atoms with E-state index in [1.54, 1.807) is 0 Å². The van der Waals surface area contributed by atoms with E-state index in [0.29, 0.717) is 11.7 Å². The van der Waals surface area contributed by atoms with Crippen LogP contribution in [-0.4, -0.2) is 16.2 Å². The topological polar surface area (TPSA) is 81.1 Å². The van der Waals surface area contributed by atoms with Gasteiger partial charge in [-0.2, -0.15) is 0 Å². The summed E-state index contributed by atoms with van der Waals surface area (Å²) in [5, 5.41) is 14.8. The number of amidine groups is 2. The van der Waals surface area contributed by atoms with Crippen molar-refractivity contribution < 1.29 is 13.3 Å². The van der Waals surface area contributed by atoms with Crippen molar-refractivity contribution in [2.45, 2.75) is 6.17 Å². The maximum absolute atomic E-state index is 6.83. The molecule has 10 aromatic carbocycles. The van der Waals surface area contributed by atoms with Crippen LogP contribution in [0.15, 0.2) is 229 Å². The molecule has 5 heterocycles. The Morgan fingerprint density at radius 2 is 0.971 bits per heavy atom. The lowest BCUT2D eigenvalue weighted by Gasteiger charge is -2.25. The molecule has 0 amide bonds.